The van der Waals surface area contributed by atoms with E-state index in [2.05, 4.69) is 15.5 Å². The number of benzene rings is 2. The highest BCUT2D eigenvalue weighted by Crippen LogP contribution is 2.24. The Labute approximate surface area is 145 Å². The average Bonchev–Trinajstić information content (AvgIpc) is 2.62. The number of carbonyl (C=O) groups excluding carboxylic acids is 1. The summed E-state index contributed by atoms with van der Waals surface area (Å²) in [7, 11) is 0. The summed E-state index contributed by atoms with van der Waals surface area (Å²) in [5.41, 5.74) is 1.19. The summed E-state index contributed by atoms with van der Waals surface area (Å²) in [6.45, 7) is 0. The molecular weight excluding hydrogens is 340 g/mol. The molecule has 0 saturated carbocycles. The van der Waals surface area contributed by atoms with Crippen LogP contribution in [0.4, 0.5) is 5.69 Å². The van der Waals surface area contributed by atoms with Gasteiger partial charge >= 0.3 is 0 Å². The van der Waals surface area contributed by atoms with Crippen molar-refractivity contribution in [3.8, 4) is 5.75 Å². The number of nitro benzene ring substituents is 1. The summed E-state index contributed by atoms with van der Waals surface area (Å²) in [6.07, 6.45) is 1.09. The lowest BCUT2D eigenvalue weighted by Gasteiger charge is -2.06. The molecule has 0 saturated heterocycles. The third-order valence-corrected chi connectivity index (χ3v) is 3.62. The van der Waals surface area contributed by atoms with Gasteiger partial charge in [-0.15, -0.1) is 0 Å². The van der Waals surface area contributed by atoms with Gasteiger partial charge in [0.25, 0.3) is 17.2 Å². The maximum atomic E-state index is 12.2. The molecule has 0 aliphatic heterocycles. The largest absolute Gasteiger partial charge is 0.506 e. The Hall–Kier alpha value is -4.01. The summed E-state index contributed by atoms with van der Waals surface area (Å²) < 4.78 is 0. The van der Waals surface area contributed by atoms with Crippen LogP contribution in [0.25, 0.3) is 10.9 Å². The smallest absolute Gasteiger partial charge is 0.280 e. The van der Waals surface area contributed by atoms with Crippen molar-refractivity contribution in [1.29, 1.82) is 0 Å². The van der Waals surface area contributed by atoms with Crippen LogP contribution in [0.1, 0.15) is 15.9 Å². The van der Waals surface area contributed by atoms with Crippen LogP contribution in [0.2, 0.25) is 0 Å². The van der Waals surface area contributed by atoms with Gasteiger partial charge in [-0.05, 0) is 18.2 Å². The van der Waals surface area contributed by atoms with Crippen LogP contribution in [0.3, 0.4) is 0 Å². The zero-order valence-electron chi connectivity index (χ0n) is 13.2. The van der Waals surface area contributed by atoms with Crippen molar-refractivity contribution in [2.75, 3.05) is 0 Å². The van der Waals surface area contributed by atoms with E-state index >= 15 is 0 Å². The zero-order valence-corrected chi connectivity index (χ0v) is 13.2. The maximum Gasteiger partial charge on any atom is 0.280 e. The molecule has 0 fully saturated rings. The Balaban J connectivity index is 1.89. The first-order valence-electron chi connectivity index (χ1n) is 7.40. The van der Waals surface area contributed by atoms with Crippen molar-refractivity contribution >= 4 is 28.7 Å². The van der Waals surface area contributed by atoms with Crippen LogP contribution in [0.15, 0.2) is 58.4 Å². The van der Waals surface area contributed by atoms with Gasteiger partial charge in [0.2, 0.25) is 0 Å². The van der Waals surface area contributed by atoms with Crippen molar-refractivity contribution in [2.24, 2.45) is 5.10 Å². The molecule has 1 heterocycles. The van der Waals surface area contributed by atoms with Gasteiger partial charge in [0.05, 0.1) is 22.2 Å². The average molecular weight is 352 g/mol. The van der Waals surface area contributed by atoms with E-state index in [0.29, 0.717) is 10.9 Å². The van der Waals surface area contributed by atoms with Crippen molar-refractivity contribution in [1.82, 2.24) is 10.4 Å². The number of nitrogens with zero attached hydrogens (tertiary/aromatic N) is 2. The molecule has 0 unspecified atom stereocenters. The van der Waals surface area contributed by atoms with Gasteiger partial charge in [-0.2, -0.15) is 5.10 Å². The van der Waals surface area contributed by atoms with Crippen LogP contribution in [-0.4, -0.2) is 27.1 Å². The van der Waals surface area contributed by atoms with Gasteiger partial charge in [0.15, 0.2) is 0 Å². The Bertz CT molecular complexity index is 1100. The minimum absolute atomic E-state index is 0.175. The van der Waals surface area contributed by atoms with E-state index in [1.165, 1.54) is 18.2 Å². The number of amides is 1. The first kappa shape index (κ1) is 16.8. The van der Waals surface area contributed by atoms with Crippen LogP contribution >= 0.6 is 0 Å². The molecule has 9 nitrogen and oxygen atoms in total. The quantitative estimate of drug-likeness (QED) is 0.374. The number of aromatic amines is 1. The predicted octanol–water partition coefficient (Wildman–Crippen LogP) is 1.91. The van der Waals surface area contributed by atoms with Gasteiger partial charge < -0.3 is 10.1 Å². The summed E-state index contributed by atoms with van der Waals surface area (Å²) in [5.74, 6) is -1.41. The second-order valence-corrected chi connectivity index (χ2v) is 5.24. The van der Waals surface area contributed by atoms with Crippen LogP contribution < -0.4 is 11.0 Å². The van der Waals surface area contributed by atoms with E-state index in [-0.39, 0.29) is 11.3 Å². The minimum Gasteiger partial charge on any atom is -0.506 e. The van der Waals surface area contributed by atoms with Crippen LogP contribution in [0.5, 0.6) is 5.75 Å². The lowest BCUT2D eigenvalue weighted by atomic mass is 10.1. The molecule has 0 bridgehead atoms. The van der Waals surface area contributed by atoms with Crippen molar-refractivity contribution in [3.05, 3.63) is 80.1 Å². The number of hydrogen-bond donors (Lipinski definition) is 3. The maximum absolute atomic E-state index is 12.2. The zero-order chi connectivity index (χ0) is 18.7. The number of nitro groups is 1. The SMILES string of the molecule is O=C(N/N=C/c1ccccc1[N+](=O)[O-])c1c(O)c2ccccc2[nH]c1=O. The lowest BCUT2D eigenvalue weighted by molar-refractivity contribution is -0.385. The number of pyridine rings is 1. The summed E-state index contributed by atoms with van der Waals surface area (Å²) in [6, 6.07) is 12.3. The Morgan fingerprint density at radius 3 is 2.65 bits per heavy atom. The number of hydrazone groups is 1. The predicted molar refractivity (Wildman–Crippen MR) is 94.4 cm³/mol. The van der Waals surface area contributed by atoms with Crippen LogP contribution in [0, 0.1) is 10.1 Å². The highest BCUT2D eigenvalue weighted by atomic mass is 16.6. The molecule has 26 heavy (non-hydrogen) atoms. The molecule has 130 valence electrons. The molecule has 3 N–H and O–H groups in total. The molecule has 3 rings (SSSR count). The van der Waals surface area contributed by atoms with Gasteiger partial charge in [-0.3, -0.25) is 19.7 Å². The molecule has 3 aromatic rings. The number of carbonyl (C=O) groups is 1. The van der Waals surface area contributed by atoms with Crippen LogP contribution in [-0.2, 0) is 0 Å². The van der Waals surface area contributed by atoms with E-state index in [1.807, 2.05) is 0 Å². The Morgan fingerprint density at radius 2 is 1.88 bits per heavy atom. The fraction of sp³-hybridized carbons (Fsp3) is 0. The Morgan fingerprint density at radius 1 is 1.19 bits per heavy atom. The second-order valence-electron chi connectivity index (χ2n) is 5.24. The van der Waals surface area contributed by atoms with E-state index in [0.717, 1.165) is 6.21 Å². The molecule has 0 radical (unpaired) electrons. The molecule has 1 amide bonds. The standard InChI is InChI=1S/C17H12N4O5/c22-15-11-6-2-3-7-12(11)19-16(23)14(15)17(24)20-18-9-10-5-1-4-8-13(10)21(25)26/h1-9H,(H,20,24)(H2,19,22,23)/b18-9+. The number of aromatic nitrogens is 1. The second kappa shape index (κ2) is 6.85. The molecule has 9 heteroatoms. The number of nitrogens with one attached hydrogen (secondary N) is 2. The van der Waals surface area contributed by atoms with Gasteiger partial charge in [-0.1, -0.05) is 24.3 Å². The first-order chi connectivity index (χ1) is 12.5. The molecular formula is C17H12N4O5. The number of rotatable bonds is 4. The third-order valence-electron chi connectivity index (χ3n) is 3.62. The number of hydrogen-bond acceptors (Lipinski definition) is 6. The number of aromatic hydroxyl groups is 1. The minimum atomic E-state index is -0.940. The van der Waals surface area contributed by atoms with E-state index in [4.69, 9.17) is 0 Å². The molecule has 1 aromatic heterocycles. The number of para-hydroxylation sites is 2. The normalized spacial score (nSPS) is 10.9. The number of H-pyrrole nitrogens is 1. The van der Waals surface area contributed by atoms with E-state index < -0.39 is 27.7 Å². The van der Waals surface area contributed by atoms with Gasteiger partial charge in [0.1, 0.15) is 11.3 Å². The molecule has 2 aromatic carbocycles. The summed E-state index contributed by atoms with van der Waals surface area (Å²) in [4.78, 5) is 37.1. The highest BCUT2D eigenvalue weighted by molar-refractivity contribution is 6.02. The first-order valence-corrected chi connectivity index (χ1v) is 7.40. The third kappa shape index (κ3) is 3.13. The monoisotopic (exact) mass is 352 g/mol. The molecule has 0 aliphatic rings. The fourth-order valence-corrected chi connectivity index (χ4v) is 2.42. The topological polar surface area (TPSA) is 138 Å². The summed E-state index contributed by atoms with van der Waals surface area (Å²) in [5, 5.41) is 25.1. The lowest BCUT2D eigenvalue weighted by Crippen LogP contribution is -2.26. The Kier molecular flexibility index (Phi) is 4.44. The molecule has 0 atom stereocenters. The van der Waals surface area contributed by atoms with Crippen molar-refractivity contribution in [2.45, 2.75) is 0 Å². The fourth-order valence-electron chi connectivity index (χ4n) is 2.42. The molecule has 0 spiro atoms. The summed E-state index contributed by atoms with van der Waals surface area (Å²) >= 11 is 0. The van der Waals surface area contributed by atoms with E-state index in [9.17, 15) is 24.8 Å². The molecule has 0 aliphatic carbocycles. The van der Waals surface area contributed by atoms with E-state index in [1.54, 1.807) is 30.3 Å². The van der Waals surface area contributed by atoms with Crippen molar-refractivity contribution in [3.63, 3.8) is 0 Å². The van der Waals surface area contributed by atoms with Gasteiger partial charge in [-0.25, -0.2) is 5.43 Å². The number of fused-ring (bicyclic) bond motifs is 1. The van der Waals surface area contributed by atoms with Gasteiger partial charge in [0, 0.05) is 11.5 Å². The van der Waals surface area contributed by atoms with Crippen molar-refractivity contribution < 1.29 is 14.8 Å². The highest BCUT2D eigenvalue weighted by Gasteiger charge is 2.18.